The summed E-state index contributed by atoms with van der Waals surface area (Å²) in [5.41, 5.74) is 5.35. The fourth-order valence-electron chi connectivity index (χ4n) is 2.77. The number of aromatic hydroxyl groups is 1. The minimum absolute atomic E-state index is 0.0453. The molecule has 2 aromatic carbocycles. The molecule has 4 N–H and O–H groups in total. The van der Waals surface area contributed by atoms with E-state index in [2.05, 4.69) is 21.2 Å². The molecule has 0 unspecified atom stereocenters. The summed E-state index contributed by atoms with van der Waals surface area (Å²) in [6, 6.07) is 7.45. The van der Waals surface area contributed by atoms with Crippen molar-refractivity contribution in [3.05, 3.63) is 52.0 Å². The molecular formula is C20H16BrN3O7. The number of nitrogens with zero attached hydrogens (tertiary/aromatic N) is 1. The average Bonchev–Trinajstić information content (AvgIpc) is 2.71. The number of ether oxygens (including phenoxy) is 2. The lowest BCUT2D eigenvalue weighted by Gasteiger charge is -2.26. The minimum Gasteiger partial charge on any atom is -0.508 e. The summed E-state index contributed by atoms with van der Waals surface area (Å²) < 4.78 is 11.0. The quantitative estimate of drug-likeness (QED) is 0.412. The normalized spacial score (nSPS) is 15.1. The van der Waals surface area contributed by atoms with Crippen molar-refractivity contribution >= 4 is 51.4 Å². The molecular weight excluding hydrogens is 474 g/mol. The molecule has 0 saturated carbocycles. The van der Waals surface area contributed by atoms with Crippen molar-refractivity contribution in [2.24, 2.45) is 5.73 Å². The predicted octanol–water partition coefficient (Wildman–Crippen LogP) is 1.69. The summed E-state index contributed by atoms with van der Waals surface area (Å²) in [5.74, 6) is -2.00. The highest BCUT2D eigenvalue weighted by Crippen LogP contribution is 2.37. The zero-order valence-corrected chi connectivity index (χ0v) is 17.6. The number of benzene rings is 2. The van der Waals surface area contributed by atoms with Gasteiger partial charge >= 0.3 is 6.03 Å². The van der Waals surface area contributed by atoms with E-state index in [9.17, 15) is 24.3 Å². The summed E-state index contributed by atoms with van der Waals surface area (Å²) in [6.45, 7) is -0.375. The Morgan fingerprint density at radius 3 is 2.52 bits per heavy atom. The number of anilines is 1. The molecule has 31 heavy (non-hydrogen) atoms. The van der Waals surface area contributed by atoms with Crippen LogP contribution in [-0.2, 0) is 14.4 Å². The Morgan fingerprint density at radius 1 is 1.23 bits per heavy atom. The zero-order valence-electron chi connectivity index (χ0n) is 16.0. The number of urea groups is 1. The van der Waals surface area contributed by atoms with E-state index in [1.54, 1.807) is 0 Å². The summed E-state index contributed by atoms with van der Waals surface area (Å²) in [6.07, 6.45) is 1.28. The number of carbonyl (C=O) groups excluding carboxylic acids is 4. The van der Waals surface area contributed by atoms with E-state index >= 15 is 0 Å². The van der Waals surface area contributed by atoms with Crippen LogP contribution in [0.5, 0.6) is 17.2 Å². The Kier molecular flexibility index (Phi) is 6.25. The number of phenolic OH excluding ortho intramolecular Hbond substituents is 1. The van der Waals surface area contributed by atoms with Gasteiger partial charge in [0.15, 0.2) is 18.1 Å². The van der Waals surface area contributed by atoms with Crippen LogP contribution in [-0.4, -0.2) is 42.6 Å². The van der Waals surface area contributed by atoms with Gasteiger partial charge in [-0.2, -0.15) is 0 Å². The Balaban J connectivity index is 1.99. The molecule has 5 amide bonds. The van der Waals surface area contributed by atoms with E-state index in [0.717, 1.165) is 4.90 Å². The molecule has 1 heterocycles. The van der Waals surface area contributed by atoms with Crippen LogP contribution in [0.2, 0.25) is 0 Å². The third kappa shape index (κ3) is 4.67. The van der Waals surface area contributed by atoms with Crippen molar-refractivity contribution in [3.63, 3.8) is 0 Å². The van der Waals surface area contributed by atoms with E-state index in [1.165, 1.54) is 49.6 Å². The fourth-order valence-corrected chi connectivity index (χ4v) is 3.34. The van der Waals surface area contributed by atoms with Crippen LogP contribution in [0.15, 0.2) is 46.4 Å². The van der Waals surface area contributed by atoms with Gasteiger partial charge in [0.25, 0.3) is 17.7 Å². The monoisotopic (exact) mass is 489 g/mol. The molecule has 1 saturated heterocycles. The van der Waals surface area contributed by atoms with Gasteiger partial charge in [0, 0.05) is 0 Å². The van der Waals surface area contributed by atoms with Crippen molar-refractivity contribution in [2.45, 2.75) is 0 Å². The Hall–Kier alpha value is -3.86. The molecule has 1 aliphatic heterocycles. The highest BCUT2D eigenvalue weighted by atomic mass is 79.9. The fraction of sp³-hybridized carbons (Fsp3) is 0.100. The molecule has 0 atom stereocenters. The summed E-state index contributed by atoms with van der Waals surface area (Å²) in [4.78, 5) is 49.2. The van der Waals surface area contributed by atoms with Gasteiger partial charge in [-0.05, 0) is 64.0 Å². The molecule has 11 heteroatoms. The van der Waals surface area contributed by atoms with Crippen molar-refractivity contribution in [1.82, 2.24) is 5.32 Å². The molecule has 0 radical (unpaired) electrons. The van der Waals surface area contributed by atoms with Gasteiger partial charge in [0.2, 0.25) is 0 Å². The molecule has 1 fully saturated rings. The highest BCUT2D eigenvalue weighted by Gasteiger charge is 2.36. The second kappa shape index (κ2) is 8.88. The first kappa shape index (κ1) is 21.8. The number of rotatable bonds is 6. The van der Waals surface area contributed by atoms with Crippen LogP contribution in [0.3, 0.4) is 0 Å². The summed E-state index contributed by atoms with van der Waals surface area (Å²) >= 11 is 3.29. The first-order valence-corrected chi connectivity index (χ1v) is 9.49. The van der Waals surface area contributed by atoms with Crippen LogP contribution in [0.4, 0.5) is 10.5 Å². The first-order chi connectivity index (χ1) is 14.7. The van der Waals surface area contributed by atoms with E-state index in [4.69, 9.17) is 15.2 Å². The average molecular weight is 490 g/mol. The number of carbonyl (C=O) groups is 4. The number of hydrogen-bond donors (Lipinski definition) is 3. The molecule has 160 valence electrons. The van der Waals surface area contributed by atoms with E-state index in [-0.39, 0.29) is 35.1 Å². The topological polar surface area (TPSA) is 148 Å². The van der Waals surface area contributed by atoms with Gasteiger partial charge in [-0.1, -0.05) is 0 Å². The molecule has 3 rings (SSSR count). The van der Waals surface area contributed by atoms with E-state index < -0.39 is 23.8 Å². The van der Waals surface area contributed by atoms with Crippen LogP contribution >= 0.6 is 15.9 Å². The molecule has 1 aliphatic rings. The standard InChI is InChI=1S/C20H16BrN3O7/c1-30-15-8-10(7-14(21)17(15)31-9-16(22)26)6-13-18(27)23-20(29)24(19(13)28)11-2-4-12(25)5-3-11/h2-8,25H,9H2,1H3,(H2,22,26)(H,23,27,29)/b13-6+. The maximum Gasteiger partial charge on any atom is 0.335 e. The summed E-state index contributed by atoms with van der Waals surface area (Å²) in [7, 11) is 1.37. The van der Waals surface area contributed by atoms with Gasteiger partial charge < -0.3 is 20.3 Å². The highest BCUT2D eigenvalue weighted by molar-refractivity contribution is 9.10. The third-order valence-corrected chi connectivity index (χ3v) is 4.72. The van der Waals surface area contributed by atoms with Crippen LogP contribution in [0.1, 0.15) is 5.56 Å². The number of methoxy groups -OCH3 is 1. The van der Waals surface area contributed by atoms with Crippen molar-refractivity contribution < 1.29 is 33.8 Å². The predicted molar refractivity (Wildman–Crippen MR) is 112 cm³/mol. The van der Waals surface area contributed by atoms with Crippen LogP contribution in [0, 0.1) is 0 Å². The Labute approximate surface area is 184 Å². The molecule has 0 bridgehead atoms. The van der Waals surface area contributed by atoms with Gasteiger partial charge in [-0.3, -0.25) is 19.7 Å². The molecule has 10 nitrogen and oxygen atoms in total. The lowest BCUT2D eigenvalue weighted by Crippen LogP contribution is -2.54. The number of hydrogen-bond acceptors (Lipinski definition) is 7. The van der Waals surface area contributed by atoms with Gasteiger partial charge in [-0.15, -0.1) is 0 Å². The maximum absolute atomic E-state index is 12.9. The summed E-state index contributed by atoms with van der Waals surface area (Å²) in [5, 5.41) is 11.5. The maximum atomic E-state index is 12.9. The third-order valence-electron chi connectivity index (χ3n) is 4.13. The number of nitrogens with one attached hydrogen (secondary N) is 1. The number of halogens is 1. The van der Waals surface area contributed by atoms with E-state index in [0.29, 0.717) is 10.0 Å². The van der Waals surface area contributed by atoms with Gasteiger partial charge in [0.1, 0.15) is 11.3 Å². The van der Waals surface area contributed by atoms with Crippen molar-refractivity contribution in [3.8, 4) is 17.2 Å². The van der Waals surface area contributed by atoms with E-state index in [1.807, 2.05) is 0 Å². The second-order valence-corrected chi connectivity index (χ2v) is 7.12. The number of phenols is 1. The van der Waals surface area contributed by atoms with Gasteiger partial charge in [0.05, 0.1) is 17.3 Å². The Morgan fingerprint density at radius 2 is 1.90 bits per heavy atom. The first-order valence-electron chi connectivity index (χ1n) is 8.70. The largest absolute Gasteiger partial charge is 0.508 e. The smallest absolute Gasteiger partial charge is 0.335 e. The molecule has 2 aromatic rings. The van der Waals surface area contributed by atoms with Crippen molar-refractivity contribution in [2.75, 3.05) is 18.6 Å². The Bertz CT molecular complexity index is 1110. The number of imide groups is 2. The zero-order chi connectivity index (χ0) is 22.7. The van der Waals surface area contributed by atoms with Crippen molar-refractivity contribution in [1.29, 1.82) is 0 Å². The van der Waals surface area contributed by atoms with Gasteiger partial charge in [-0.25, -0.2) is 9.69 Å². The lowest BCUT2D eigenvalue weighted by atomic mass is 10.1. The second-order valence-electron chi connectivity index (χ2n) is 6.26. The molecule has 0 aromatic heterocycles. The number of barbiturate groups is 1. The minimum atomic E-state index is -0.910. The number of amides is 5. The molecule has 0 spiro atoms. The number of primary amides is 1. The molecule has 0 aliphatic carbocycles. The van der Waals surface area contributed by atoms with Crippen LogP contribution in [0.25, 0.3) is 6.08 Å². The SMILES string of the molecule is COc1cc(/C=C2\C(=O)NC(=O)N(c3ccc(O)cc3)C2=O)cc(Br)c1OCC(N)=O. The lowest BCUT2D eigenvalue weighted by molar-refractivity contribution is -0.123. The number of nitrogens with two attached hydrogens (primary N) is 1. The van der Waals surface area contributed by atoms with Crippen LogP contribution < -0.4 is 25.4 Å².